The van der Waals surface area contributed by atoms with Gasteiger partial charge in [-0.3, -0.25) is 4.79 Å². The lowest BCUT2D eigenvalue weighted by Crippen LogP contribution is -2.12. The van der Waals surface area contributed by atoms with Crippen LogP contribution in [0.25, 0.3) is 10.9 Å². The minimum absolute atomic E-state index is 0.123. The Balaban J connectivity index is 1.52. The van der Waals surface area contributed by atoms with E-state index in [9.17, 15) is 14.7 Å². The summed E-state index contributed by atoms with van der Waals surface area (Å²) in [5, 5.41) is 16.2. The van der Waals surface area contributed by atoms with Gasteiger partial charge in [0.25, 0.3) is 5.91 Å². The number of para-hydroxylation sites is 1. The SMILES string of the molecule is COc1ccc(C(=O)Nc2ccc(C)c(CNc3ncnc4c(C(=O)O)cccc34)c2)cc1. The number of nitrogens with one attached hydrogen (secondary N) is 2. The number of benzene rings is 3. The van der Waals surface area contributed by atoms with Gasteiger partial charge in [-0.05, 0) is 66.6 Å². The van der Waals surface area contributed by atoms with Crippen LogP contribution in [0.15, 0.2) is 67.0 Å². The molecule has 3 aromatic carbocycles. The van der Waals surface area contributed by atoms with Crippen LogP contribution < -0.4 is 15.4 Å². The van der Waals surface area contributed by atoms with E-state index in [1.807, 2.05) is 25.1 Å². The van der Waals surface area contributed by atoms with Crippen LogP contribution in [0.3, 0.4) is 0 Å². The monoisotopic (exact) mass is 442 g/mol. The summed E-state index contributed by atoms with van der Waals surface area (Å²) < 4.78 is 5.13. The summed E-state index contributed by atoms with van der Waals surface area (Å²) in [6.45, 7) is 2.41. The number of methoxy groups -OCH3 is 1. The van der Waals surface area contributed by atoms with Gasteiger partial charge in [-0.15, -0.1) is 0 Å². The number of carboxylic acids is 1. The first kappa shape index (κ1) is 21.8. The van der Waals surface area contributed by atoms with Crippen molar-refractivity contribution in [1.82, 2.24) is 9.97 Å². The standard InChI is InChI=1S/C25H22N4O4/c1-15-6-9-18(29-24(30)16-7-10-19(33-2)11-8-16)12-17(15)13-26-23-20-4-3-5-21(25(31)32)22(20)27-14-28-23/h3-12,14H,13H2,1-2H3,(H,29,30)(H,31,32)(H,26,27,28). The molecular weight excluding hydrogens is 420 g/mol. The first-order valence-electron chi connectivity index (χ1n) is 10.2. The maximum Gasteiger partial charge on any atom is 0.337 e. The Hall–Kier alpha value is -4.46. The molecule has 33 heavy (non-hydrogen) atoms. The minimum Gasteiger partial charge on any atom is -0.497 e. The van der Waals surface area contributed by atoms with Crippen LogP contribution in [-0.4, -0.2) is 34.1 Å². The molecule has 0 aliphatic rings. The van der Waals surface area contributed by atoms with Gasteiger partial charge in [0.15, 0.2) is 0 Å². The molecule has 0 spiro atoms. The molecule has 0 unspecified atom stereocenters. The molecule has 166 valence electrons. The molecule has 4 rings (SSSR count). The van der Waals surface area contributed by atoms with E-state index < -0.39 is 5.97 Å². The Bertz CT molecular complexity index is 1340. The smallest absolute Gasteiger partial charge is 0.337 e. The van der Waals surface area contributed by atoms with Gasteiger partial charge in [0.05, 0.1) is 18.2 Å². The Morgan fingerprint density at radius 2 is 1.82 bits per heavy atom. The summed E-state index contributed by atoms with van der Waals surface area (Å²) in [6.07, 6.45) is 1.34. The zero-order valence-corrected chi connectivity index (χ0v) is 18.1. The molecule has 4 aromatic rings. The molecule has 0 atom stereocenters. The van der Waals surface area contributed by atoms with Gasteiger partial charge in [-0.25, -0.2) is 14.8 Å². The average Bonchev–Trinajstić information content (AvgIpc) is 2.83. The van der Waals surface area contributed by atoms with E-state index >= 15 is 0 Å². The van der Waals surface area contributed by atoms with Crippen LogP contribution in [-0.2, 0) is 6.54 Å². The fourth-order valence-corrected chi connectivity index (χ4v) is 3.47. The minimum atomic E-state index is -1.04. The Morgan fingerprint density at radius 1 is 1.03 bits per heavy atom. The largest absolute Gasteiger partial charge is 0.497 e. The summed E-state index contributed by atoms with van der Waals surface area (Å²) in [4.78, 5) is 32.5. The molecule has 8 heteroatoms. The first-order valence-corrected chi connectivity index (χ1v) is 10.2. The normalized spacial score (nSPS) is 10.6. The number of anilines is 2. The third kappa shape index (κ3) is 4.74. The predicted molar refractivity (Wildman–Crippen MR) is 126 cm³/mol. The van der Waals surface area contributed by atoms with Crippen LogP contribution in [0.5, 0.6) is 5.75 Å². The number of aryl methyl sites for hydroxylation is 1. The number of hydrogen-bond donors (Lipinski definition) is 3. The van der Waals surface area contributed by atoms with Crippen molar-refractivity contribution in [1.29, 1.82) is 0 Å². The summed E-state index contributed by atoms with van der Waals surface area (Å²) >= 11 is 0. The number of carbonyl (C=O) groups is 2. The number of aromatic carboxylic acids is 1. The van der Waals surface area contributed by atoms with Crippen molar-refractivity contribution in [3.63, 3.8) is 0 Å². The second-order valence-electron chi connectivity index (χ2n) is 7.41. The number of hydrogen-bond acceptors (Lipinski definition) is 6. The molecule has 0 aliphatic heterocycles. The third-order valence-electron chi connectivity index (χ3n) is 5.30. The molecule has 0 radical (unpaired) electrons. The topological polar surface area (TPSA) is 113 Å². The molecule has 1 aromatic heterocycles. The van der Waals surface area contributed by atoms with Crippen molar-refractivity contribution >= 4 is 34.3 Å². The maximum absolute atomic E-state index is 12.6. The van der Waals surface area contributed by atoms with Crippen molar-refractivity contribution in [2.24, 2.45) is 0 Å². The van der Waals surface area contributed by atoms with Gasteiger partial charge in [0.1, 0.15) is 17.9 Å². The van der Waals surface area contributed by atoms with Crippen LogP contribution in [0.2, 0.25) is 0 Å². The number of carboxylic acid groups (broad SMARTS) is 1. The zero-order valence-electron chi connectivity index (χ0n) is 18.1. The first-order chi connectivity index (χ1) is 16.0. The molecule has 1 amide bonds. The van der Waals surface area contributed by atoms with Gasteiger partial charge in [0, 0.05) is 23.2 Å². The second kappa shape index (κ2) is 9.35. The maximum atomic E-state index is 12.6. The average molecular weight is 442 g/mol. The highest BCUT2D eigenvalue weighted by molar-refractivity contribution is 6.05. The Morgan fingerprint density at radius 3 is 2.55 bits per heavy atom. The third-order valence-corrected chi connectivity index (χ3v) is 5.30. The van der Waals surface area contributed by atoms with Crippen LogP contribution >= 0.6 is 0 Å². The number of rotatable bonds is 7. The van der Waals surface area contributed by atoms with Gasteiger partial charge in [0.2, 0.25) is 0 Å². The molecule has 0 saturated carbocycles. The van der Waals surface area contributed by atoms with Gasteiger partial charge in [-0.2, -0.15) is 0 Å². The van der Waals surface area contributed by atoms with Gasteiger partial charge < -0.3 is 20.5 Å². The number of ether oxygens (including phenoxy) is 1. The van der Waals surface area contributed by atoms with Crippen LogP contribution in [0.1, 0.15) is 31.8 Å². The molecular formula is C25H22N4O4. The van der Waals surface area contributed by atoms with Crippen molar-refractivity contribution in [3.05, 3.63) is 89.2 Å². The molecule has 3 N–H and O–H groups in total. The molecule has 0 aliphatic carbocycles. The lowest BCUT2D eigenvalue weighted by Gasteiger charge is -2.13. The zero-order chi connectivity index (χ0) is 23.4. The highest BCUT2D eigenvalue weighted by Crippen LogP contribution is 2.24. The summed E-state index contributed by atoms with van der Waals surface area (Å²) in [5.41, 5.74) is 3.69. The van der Waals surface area contributed by atoms with E-state index in [1.165, 1.54) is 12.4 Å². The van der Waals surface area contributed by atoms with E-state index in [0.717, 1.165) is 11.1 Å². The molecule has 0 saturated heterocycles. The summed E-state index contributed by atoms with van der Waals surface area (Å²) in [7, 11) is 1.58. The Kier molecular flexibility index (Phi) is 6.17. The quantitative estimate of drug-likeness (QED) is 0.386. The molecule has 1 heterocycles. The van der Waals surface area contributed by atoms with Crippen molar-refractivity contribution in [2.45, 2.75) is 13.5 Å². The predicted octanol–water partition coefficient (Wildman–Crippen LogP) is 4.51. The fraction of sp³-hybridized carbons (Fsp3) is 0.120. The van der Waals surface area contributed by atoms with E-state index in [2.05, 4.69) is 20.6 Å². The van der Waals surface area contributed by atoms with E-state index in [4.69, 9.17) is 4.74 Å². The number of fused-ring (bicyclic) bond motifs is 1. The molecule has 0 fully saturated rings. The van der Waals surface area contributed by atoms with Crippen LogP contribution in [0.4, 0.5) is 11.5 Å². The molecule has 8 nitrogen and oxygen atoms in total. The van der Waals surface area contributed by atoms with Crippen molar-refractivity contribution in [2.75, 3.05) is 17.7 Å². The van der Waals surface area contributed by atoms with E-state index in [0.29, 0.717) is 40.3 Å². The second-order valence-corrected chi connectivity index (χ2v) is 7.41. The fourth-order valence-electron chi connectivity index (χ4n) is 3.47. The van der Waals surface area contributed by atoms with E-state index in [1.54, 1.807) is 43.5 Å². The number of nitrogens with zero attached hydrogens (tertiary/aromatic N) is 2. The van der Waals surface area contributed by atoms with Gasteiger partial charge >= 0.3 is 5.97 Å². The number of carbonyl (C=O) groups excluding carboxylic acids is 1. The summed E-state index contributed by atoms with van der Waals surface area (Å²) in [5.74, 6) is -0.0389. The van der Waals surface area contributed by atoms with Crippen LogP contribution in [0, 0.1) is 6.92 Å². The molecule has 0 bridgehead atoms. The van der Waals surface area contributed by atoms with Crippen molar-refractivity contribution in [3.8, 4) is 5.75 Å². The lowest BCUT2D eigenvalue weighted by molar-refractivity contribution is 0.0698. The highest BCUT2D eigenvalue weighted by Gasteiger charge is 2.13. The lowest BCUT2D eigenvalue weighted by atomic mass is 10.1. The van der Waals surface area contributed by atoms with Crippen molar-refractivity contribution < 1.29 is 19.4 Å². The Labute approximate surface area is 190 Å². The van der Waals surface area contributed by atoms with Gasteiger partial charge in [-0.1, -0.05) is 12.1 Å². The number of aromatic nitrogens is 2. The summed E-state index contributed by atoms with van der Waals surface area (Å²) in [6, 6.07) is 17.5. The van der Waals surface area contributed by atoms with E-state index in [-0.39, 0.29) is 11.5 Å². The highest BCUT2D eigenvalue weighted by atomic mass is 16.5. The number of amides is 1.